The molecule has 0 saturated heterocycles. The van der Waals surface area contributed by atoms with Crippen LogP contribution in [0.3, 0.4) is 0 Å². The predicted molar refractivity (Wildman–Crippen MR) is 61.5 cm³/mol. The van der Waals surface area contributed by atoms with E-state index in [9.17, 15) is 9.59 Å². The fourth-order valence-corrected chi connectivity index (χ4v) is 1.40. The zero-order chi connectivity index (χ0) is 12.4. The molecule has 5 nitrogen and oxygen atoms in total. The summed E-state index contributed by atoms with van der Waals surface area (Å²) in [6, 6.07) is 9.48. The molecular weight excluding hydrogens is 220 g/mol. The molecule has 0 bridgehead atoms. The van der Waals surface area contributed by atoms with Crippen molar-refractivity contribution < 1.29 is 9.90 Å². The topological polar surface area (TPSA) is 72.2 Å². The van der Waals surface area contributed by atoms with Crippen molar-refractivity contribution in [2.24, 2.45) is 0 Å². The Morgan fingerprint density at radius 2 is 1.82 bits per heavy atom. The third-order valence-electron chi connectivity index (χ3n) is 2.30. The molecule has 0 amide bonds. The molecule has 17 heavy (non-hydrogen) atoms. The number of aromatic nitrogens is 2. The lowest BCUT2D eigenvalue weighted by Crippen LogP contribution is -2.22. The summed E-state index contributed by atoms with van der Waals surface area (Å²) < 4.78 is 1.07. The fraction of sp³-hybridized carbons (Fsp3) is 0.0833. The first-order chi connectivity index (χ1) is 8.08. The number of carboxylic acids is 1. The van der Waals surface area contributed by atoms with Crippen LogP contribution in [0.25, 0.3) is 5.69 Å². The SMILES string of the molecule is Cc1ccc(-n2nc(C(=O)O)ccc2=O)cc1. The molecular formula is C12H10N2O3. The standard InChI is InChI=1S/C12H10N2O3/c1-8-2-4-9(5-3-8)14-11(15)7-6-10(13-14)12(16)17/h2-7H,1H3,(H,16,17). The lowest BCUT2D eigenvalue weighted by atomic mass is 10.2. The van der Waals surface area contributed by atoms with Crippen molar-refractivity contribution in [3.63, 3.8) is 0 Å². The maximum Gasteiger partial charge on any atom is 0.356 e. The summed E-state index contributed by atoms with van der Waals surface area (Å²) in [6.45, 7) is 1.92. The first-order valence-electron chi connectivity index (χ1n) is 4.98. The van der Waals surface area contributed by atoms with Crippen molar-refractivity contribution in [1.82, 2.24) is 9.78 Å². The van der Waals surface area contributed by atoms with Gasteiger partial charge in [-0.05, 0) is 25.1 Å². The zero-order valence-electron chi connectivity index (χ0n) is 9.12. The minimum Gasteiger partial charge on any atom is -0.476 e. The Bertz CT molecular complexity index is 614. The minimum absolute atomic E-state index is 0.162. The molecule has 0 radical (unpaired) electrons. The largest absolute Gasteiger partial charge is 0.476 e. The third-order valence-corrected chi connectivity index (χ3v) is 2.30. The molecule has 5 heteroatoms. The third kappa shape index (κ3) is 2.23. The van der Waals surface area contributed by atoms with Crippen molar-refractivity contribution >= 4 is 5.97 Å². The second-order valence-corrected chi connectivity index (χ2v) is 3.61. The number of rotatable bonds is 2. The molecule has 1 heterocycles. The smallest absolute Gasteiger partial charge is 0.356 e. The Labute approximate surface area is 97.0 Å². The van der Waals surface area contributed by atoms with E-state index in [2.05, 4.69) is 5.10 Å². The van der Waals surface area contributed by atoms with Crippen molar-refractivity contribution in [1.29, 1.82) is 0 Å². The first kappa shape index (κ1) is 11.1. The van der Waals surface area contributed by atoms with E-state index in [-0.39, 0.29) is 11.3 Å². The van der Waals surface area contributed by atoms with Gasteiger partial charge < -0.3 is 5.11 Å². The van der Waals surface area contributed by atoms with Gasteiger partial charge in [0.05, 0.1) is 5.69 Å². The highest BCUT2D eigenvalue weighted by molar-refractivity contribution is 5.84. The number of hydrogen-bond donors (Lipinski definition) is 1. The quantitative estimate of drug-likeness (QED) is 0.842. The lowest BCUT2D eigenvalue weighted by Gasteiger charge is -2.05. The van der Waals surface area contributed by atoms with Crippen LogP contribution in [0.5, 0.6) is 0 Å². The van der Waals surface area contributed by atoms with Gasteiger partial charge in [-0.1, -0.05) is 17.7 Å². The Morgan fingerprint density at radius 1 is 1.18 bits per heavy atom. The number of benzene rings is 1. The average molecular weight is 230 g/mol. The minimum atomic E-state index is -1.16. The summed E-state index contributed by atoms with van der Waals surface area (Å²) in [5.74, 6) is -1.16. The Hall–Kier alpha value is -2.43. The van der Waals surface area contributed by atoms with E-state index < -0.39 is 5.97 Å². The van der Waals surface area contributed by atoms with Gasteiger partial charge in [-0.15, -0.1) is 0 Å². The van der Waals surface area contributed by atoms with Crippen LogP contribution >= 0.6 is 0 Å². The number of nitrogens with zero attached hydrogens (tertiary/aromatic N) is 2. The van der Waals surface area contributed by atoms with Gasteiger partial charge in [0.2, 0.25) is 0 Å². The van der Waals surface area contributed by atoms with Gasteiger partial charge in [-0.3, -0.25) is 4.79 Å². The lowest BCUT2D eigenvalue weighted by molar-refractivity contribution is 0.0688. The van der Waals surface area contributed by atoms with Gasteiger partial charge in [-0.25, -0.2) is 4.79 Å². The molecule has 0 spiro atoms. The Kier molecular flexibility index (Phi) is 2.74. The van der Waals surface area contributed by atoms with E-state index in [0.717, 1.165) is 10.2 Å². The Balaban J connectivity index is 2.58. The molecule has 0 saturated carbocycles. The highest BCUT2D eigenvalue weighted by atomic mass is 16.4. The maximum absolute atomic E-state index is 11.6. The summed E-state index contributed by atoms with van der Waals surface area (Å²) in [7, 11) is 0. The zero-order valence-corrected chi connectivity index (χ0v) is 9.12. The molecule has 1 N–H and O–H groups in total. The Morgan fingerprint density at radius 3 is 2.41 bits per heavy atom. The second kappa shape index (κ2) is 4.21. The summed E-state index contributed by atoms with van der Waals surface area (Å²) in [4.78, 5) is 22.4. The first-order valence-corrected chi connectivity index (χ1v) is 4.98. The fourth-order valence-electron chi connectivity index (χ4n) is 1.40. The molecule has 0 aliphatic carbocycles. The molecule has 0 aliphatic rings. The van der Waals surface area contributed by atoms with Crippen molar-refractivity contribution in [3.8, 4) is 5.69 Å². The normalized spacial score (nSPS) is 10.2. The van der Waals surface area contributed by atoms with Gasteiger partial charge in [-0.2, -0.15) is 9.78 Å². The summed E-state index contributed by atoms with van der Waals surface area (Å²) in [6.07, 6.45) is 0. The number of aromatic carboxylic acids is 1. The van der Waals surface area contributed by atoms with Crippen molar-refractivity contribution in [2.75, 3.05) is 0 Å². The van der Waals surface area contributed by atoms with E-state index in [1.165, 1.54) is 12.1 Å². The van der Waals surface area contributed by atoms with Crippen molar-refractivity contribution in [2.45, 2.75) is 6.92 Å². The number of hydrogen-bond acceptors (Lipinski definition) is 3. The van der Waals surface area contributed by atoms with Gasteiger partial charge in [0, 0.05) is 6.07 Å². The van der Waals surface area contributed by atoms with Crippen LogP contribution in [0.1, 0.15) is 16.1 Å². The van der Waals surface area contributed by atoms with E-state index in [4.69, 9.17) is 5.11 Å². The molecule has 2 rings (SSSR count). The van der Waals surface area contributed by atoms with E-state index in [1.807, 2.05) is 19.1 Å². The molecule has 0 unspecified atom stereocenters. The number of carbonyl (C=O) groups is 1. The van der Waals surface area contributed by atoms with Crippen LogP contribution in [-0.4, -0.2) is 20.9 Å². The average Bonchev–Trinajstić information content (AvgIpc) is 2.31. The van der Waals surface area contributed by atoms with E-state index in [0.29, 0.717) is 5.69 Å². The molecule has 1 aromatic heterocycles. The van der Waals surface area contributed by atoms with Crippen molar-refractivity contribution in [3.05, 3.63) is 58.0 Å². The van der Waals surface area contributed by atoms with Crippen LogP contribution in [0.4, 0.5) is 0 Å². The van der Waals surface area contributed by atoms with Gasteiger partial charge in [0.15, 0.2) is 5.69 Å². The molecule has 86 valence electrons. The van der Waals surface area contributed by atoms with E-state index >= 15 is 0 Å². The summed E-state index contributed by atoms with van der Waals surface area (Å²) >= 11 is 0. The highest BCUT2D eigenvalue weighted by Crippen LogP contribution is 2.06. The van der Waals surface area contributed by atoms with Gasteiger partial charge >= 0.3 is 5.97 Å². The second-order valence-electron chi connectivity index (χ2n) is 3.61. The molecule has 2 aromatic rings. The molecule has 0 aliphatic heterocycles. The van der Waals surface area contributed by atoms with Crippen LogP contribution in [0.15, 0.2) is 41.2 Å². The van der Waals surface area contributed by atoms with Gasteiger partial charge in [0.1, 0.15) is 0 Å². The number of aryl methyl sites for hydroxylation is 1. The van der Waals surface area contributed by atoms with Gasteiger partial charge in [0.25, 0.3) is 5.56 Å². The van der Waals surface area contributed by atoms with E-state index in [1.54, 1.807) is 12.1 Å². The van der Waals surface area contributed by atoms with Crippen LogP contribution in [0.2, 0.25) is 0 Å². The summed E-state index contributed by atoms with van der Waals surface area (Å²) in [5, 5.41) is 12.6. The van der Waals surface area contributed by atoms with Crippen LogP contribution < -0.4 is 5.56 Å². The van der Waals surface area contributed by atoms with Crippen LogP contribution in [0, 0.1) is 6.92 Å². The molecule has 0 fully saturated rings. The van der Waals surface area contributed by atoms with Crippen LogP contribution in [-0.2, 0) is 0 Å². The number of carboxylic acid groups (broad SMARTS) is 1. The highest BCUT2D eigenvalue weighted by Gasteiger charge is 2.08. The molecule has 1 aromatic carbocycles. The predicted octanol–water partition coefficient (Wildman–Crippen LogP) is 1.24. The molecule has 0 atom stereocenters. The summed E-state index contributed by atoms with van der Waals surface area (Å²) in [5.41, 5.74) is 1.07. The monoisotopic (exact) mass is 230 g/mol. The maximum atomic E-state index is 11.6.